The Labute approximate surface area is 185 Å². The Balaban J connectivity index is 1.38. The van der Waals surface area contributed by atoms with Crippen molar-refractivity contribution in [1.82, 2.24) is 10.2 Å². The average molecular weight is 444 g/mol. The summed E-state index contributed by atoms with van der Waals surface area (Å²) in [6, 6.07) is 11.7. The minimum atomic E-state index is -4.42. The van der Waals surface area contributed by atoms with E-state index in [-0.39, 0.29) is 12.5 Å². The number of benzene rings is 2. The van der Waals surface area contributed by atoms with Gasteiger partial charge >= 0.3 is 6.18 Å². The molecule has 2 atom stereocenters. The third kappa shape index (κ3) is 4.97. The number of likely N-dealkylation sites (tertiary alicyclic amines) is 1. The van der Waals surface area contributed by atoms with Crippen LogP contribution < -0.4 is 5.32 Å². The van der Waals surface area contributed by atoms with Crippen LogP contribution in [0, 0.1) is 5.92 Å². The Kier molecular flexibility index (Phi) is 6.53. The first-order valence-electron chi connectivity index (χ1n) is 11.2. The summed E-state index contributed by atoms with van der Waals surface area (Å²) in [5.74, 6) is 0.214. The van der Waals surface area contributed by atoms with Crippen LogP contribution in [0.25, 0.3) is 0 Å². The monoisotopic (exact) mass is 444 g/mol. The van der Waals surface area contributed by atoms with Crippen LogP contribution in [0.1, 0.15) is 70.4 Å². The van der Waals surface area contributed by atoms with Crippen molar-refractivity contribution in [3.63, 3.8) is 0 Å². The first kappa shape index (κ1) is 22.4. The number of rotatable bonds is 4. The molecule has 0 spiro atoms. The van der Waals surface area contributed by atoms with Crippen LogP contribution in [-0.2, 0) is 12.7 Å². The van der Waals surface area contributed by atoms with Crippen molar-refractivity contribution in [3.8, 4) is 0 Å². The van der Waals surface area contributed by atoms with Gasteiger partial charge in [0, 0.05) is 30.3 Å². The lowest BCUT2D eigenvalue weighted by Gasteiger charge is -2.44. The van der Waals surface area contributed by atoms with Gasteiger partial charge < -0.3 is 10.2 Å². The summed E-state index contributed by atoms with van der Waals surface area (Å²) >= 11 is 0. The standard InChI is InChI=1S/C25H27F3N2O2/c26-25(27,28)21-8-3-5-17(15-21)16-29-23(31)19-10-12-20(13-11-19)24(32)30-14-4-7-18-6-1-2-9-22(18)30/h3,5,8,10-13,15,18,22H,1-2,4,6-7,9,14,16H2,(H,29,31). The predicted molar refractivity (Wildman–Crippen MR) is 115 cm³/mol. The molecule has 0 bridgehead atoms. The summed E-state index contributed by atoms with van der Waals surface area (Å²) in [7, 11) is 0. The molecule has 2 aromatic rings. The fourth-order valence-corrected chi connectivity index (χ4v) is 4.95. The Morgan fingerprint density at radius 1 is 0.938 bits per heavy atom. The molecule has 2 fully saturated rings. The molecule has 2 aromatic carbocycles. The van der Waals surface area contributed by atoms with Crippen LogP contribution in [0.15, 0.2) is 48.5 Å². The van der Waals surface area contributed by atoms with E-state index >= 15 is 0 Å². The highest BCUT2D eigenvalue weighted by atomic mass is 19.4. The lowest BCUT2D eigenvalue weighted by atomic mass is 9.78. The van der Waals surface area contributed by atoms with Crippen LogP contribution in [0.2, 0.25) is 0 Å². The summed E-state index contributed by atoms with van der Waals surface area (Å²) < 4.78 is 38.5. The second-order valence-corrected chi connectivity index (χ2v) is 8.71. The Morgan fingerprint density at radius 2 is 1.62 bits per heavy atom. The van der Waals surface area contributed by atoms with Crippen molar-refractivity contribution in [1.29, 1.82) is 0 Å². The van der Waals surface area contributed by atoms with E-state index in [1.165, 1.54) is 31.4 Å². The van der Waals surface area contributed by atoms with E-state index in [1.54, 1.807) is 24.3 Å². The average Bonchev–Trinajstić information content (AvgIpc) is 2.81. The largest absolute Gasteiger partial charge is 0.416 e. The van der Waals surface area contributed by atoms with Crippen LogP contribution in [0.5, 0.6) is 0 Å². The summed E-state index contributed by atoms with van der Waals surface area (Å²) in [6.45, 7) is 0.763. The predicted octanol–water partition coefficient (Wildman–Crippen LogP) is 5.43. The van der Waals surface area contributed by atoms with Gasteiger partial charge in [0.05, 0.1) is 5.56 Å². The molecule has 1 heterocycles. The maximum atomic E-state index is 13.1. The Hall–Kier alpha value is -2.83. The van der Waals surface area contributed by atoms with Crippen LogP contribution >= 0.6 is 0 Å². The fourth-order valence-electron chi connectivity index (χ4n) is 4.95. The maximum Gasteiger partial charge on any atom is 0.416 e. The summed E-state index contributed by atoms with van der Waals surface area (Å²) in [4.78, 5) is 27.5. The number of nitrogens with zero attached hydrogens (tertiary/aromatic N) is 1. The summed E-state index contributed by atoms with van der Waals surface area (Å²) in [6.07, 6.45) is 2.46. The summed E-state index contributed by atoms with van der Waals surface area (Å²) in [5.41, 5.74) is 0.547. The van der Waals surface area contributed by atoms with Gasteiger partial charge in [0.25, 0.3) is 11.8 Å². The molecule has 7 heteroatoms. The van der Waals surface area contributed by atoms with Crippen molar-refractivity contribution >= 4 is 11.8 Å². The highest BCUT2D eigenvalue weighted by molar-refractivity contribution is 5.98. The van der Waals surface area contributed by atoms with Crippen molar-refractivity contribution in [2.24, 2.45) is 5.92 Å². The number of alkyl halides is 3. The smallest absolute Gasteiger partial charge is 0.348 e. The highest BCUT2D eigenvalue weighted by Crippen LogP contribution is 2.36. The zero-order valence-corrected chi connectivity index (χ0v) is 17.8. The second kappa shape index (κ2) is 9.35. The first-order valence-corrected chi connectivity index (χ1v) is 11.2. The Bertz CT molecular complexity index is 970. The van der Waals surface area contributed by atoms with Gasteiger partial charge in [0.1, 0.15) is 0 Å². The molecule has 0 radical (unpaired) electrons. The number of hydrogen-bond acceptors (Lipinski definition) is 2. The lowest BCUT2D eigenvalue weighted by molar-refractivity contribution is -0.137. The number of nitrogens with one attached hydrogen (secondary N) is 1. The highest BCUT2D eigenvalue weighted by Gasteiger charge is 2.36. The summed E-state index contributed by atoms with van der Waals surface area (Å²) in [5, 5.41) is 2.64. The van der Waals surface area contributed by atoms with Crippen LogP contribution in [-0.4, -0.2) is 29.3 Å². The van der Waals surface area contributed by atoms with E-state index in [9.17, 15) is 22.8 Å². The molecular formula is C25H27F3N2O2. The molecule has 2 amide bonds. The van der Waals surface area contributed by atoms with E-state index < -0.39 is 17.6 Å². The van der Waals surface area contributed by atoms with Crippen molar-refractivity contribution in [2.45, 2.75) is 57.3 Å². The van der Waals surface area contributed by atoms with Gasteiger partial charge in [0.15, 0.2) is 0 Å². The van der Waals surface area contributed by atoms with E-state index in [0.29, 0.717) is 28.7 Å². The third-order valence-corrected chi connectivity index (χ3v) is 6.61. The molecule has 1 aliphatic heterocycles. The van der Waals surface area contributed by atoms with E-state index in [1.807, 2.05) is 4.90 Å². The zero-order chi connectivity index (χ0) is 22.7. The van der Waals surface area contributed by atoms with Gasteiger partial charge in [0.2, 0.25) is 0 Å². The molecular weight excluding hydrogens is 417 g/mol. The quantitative estimate of drug-likeness (QED) is 0.684. The molecule has 1 aliphatic carbocycles. The number of amides is 2. The molecule has 2 aliphatic rings. The molecule has 170 valence electrons. The molecule has 1 N–H and O–H groups in total. The molecule has 32 heavy (non-hydrogen) atoms. The number of hydrogen-bond donors (Lipinski definition) is 1. The van der Waals surface area contributed by atoms with Crippen molar-refractivity contribution in [2.75, 3.05) is 6.54 Å². The maximum absolute atomic E-state index is 13.1. The number of carbonyl (C=O) groups excluding carboxylic acids is 2. The minimum absolute atomic E-state index is 0.0116. The molecule has 1 saturated heterocycles. The van der Waals surface area contributed by atoms with Crippen LogP contribution in [0.3, 0.4) is 0 Å². The van der Waals surface area contributed by atoms with Gasteiger partial charge in [-0.25, -0.2) is 0 Å². The van der Waals surface area contributed by atoms with Gasteiger partial charge in [-0.2, -0.15) is 13.2 Å². The second-order valence-electron chi connectivity index (χ2n) is 8.71. The molecule has 4 nitrogen and oxygen atoms in total. The van der Waals surface area contributed by atoms with Gasteiger partial charge in [-0.3, -0.25) is 9.59 Å². The van der Waals surface area contributed by atoms with Gasteiger partial charge in [-0.15, -0.1) is 0 Å². The molecule has 1 saturated carbocycles. The molecule has 4 rings (SSSR count). The zero-order valence-electron chi connectivity index (χ0n) is 17.8. The number of piperidine rings is 1. The lowest BCUT2D eigenvalue weighted by Crippen LogP contribution is -2.49. The topological polar surface area (TPSA) is 49.4 Å². The van der Waals surface area contributed by atoms with Gasteiger partial charge in [-0.1, -0.05) is 25.0 Å². The van der Waals surface area contributed by atoms with Crippen LogP contribution in [0.4, 0.5) is 13.2 Å². The van der Waals surface area contributed by atoms with E-state index in [4.69, 9.17) is 0 Å². The normalized spacial score (nSPS) is 21.0. The minimum Gasteiger partial charge on any atom is -0.348 e. The van der Waals surface area contributed by atoms with Crippen molar-refractivity contribution in [3.05, 3.63) is 70.8 Å². The first-order chi connectivity index (χ1) is 15.3. The molecule has 0 aromatic heterocycles. The van der Waals surface area contributed by atoms with E-state index in [0.717, 1.165) is 37.9 Å². The Morgan fingerprint density at radius 3 is 2.38 bits per heavy atom. The number of halogens is 3. The number of fused-ring (bicyclic) bond motifs is 1. The van der Waals surface area contributed by atoms with Crippen molar-refractivity contribution < 1.29 is 22.8 Å². The molecule has 2 unspecified atom stereocenters. The van der Waals surface area contributed by atoms with E-state index in [2.05, 4.69) is 5.32 Å². The SMILES string of the molecule is O=C(NCc1cccc(C(F)(F)F)c1)c1ccc(C(=O)N2CCCC3CCCCC32)cc1. The number of carbonyl (C=O) groups is 2. The van der Waals surface area contributed by atoms with Gasteiger partial charge in [-0.05, 0) is 73.6 Å². The fraction of sp³-hybridized carbons (Fsp3) is 0.440. The third-order valence-electron chi connectivity index (χ3n) is 6.61.